The quantitative estimate of drug-likeness (QED) is 0.548. The minimum absolute atomic E-state index is 0.0833. The van der Waals surface area contributed by atoms with Gasteiger partial charge in [-0.05, 0) is 0 Å². The zero-order valence-electron chi connectivity index (χ0n) is 5.87. The van der Waals surface area contributed by atoms with E-state index in [1.165, 1.54) is 6.20 Å². The van der Waals surface area contributed by atoms with E-state index in [2.05, 4.69) is 9.97 Å². The van der Waals surface area contributed by atoms with Crippen LogP contribution in [0.5, 0.6) is 0 Å². The summed E-state index contributed by atoms with van der Waals surface area (Å²) in [6, 6.07) is 0. The van der Waals surface area contributed by atoms with Crippen LogP contribution in [0.2, 0.25) is 0 Å². The van der Waals surface area contributed by atoms with E-state index in [9.17, 15) is 4.79 Å². The van der Waals surface area contributed by atoms with Crippen molar-refractivity contribution in [1.82, 2.24) is 9.97 Å². The summed E-state index contributed by atoms with van der Waals surface area (Å²) in [4.78, 5) is 16.8. The van der Waals surface area contributed by atoms with Gasteiger partial charge in [0.05, 0.1) is 0 Å². The van der Waals surface area contributed by atoms with Crippen molar-refractivity contribution in [2.24, 2.45) is 5.73 Å². The van der Waals surface area contributed by atoms with Crippen LogP contribution in [-0.2, 0) is 17.8 Å². The van der Waals surface area contributed by atoms with Crippen molar-refractivity contribution in [2.45, 2.75) is 13.0 Å². The minimum atomic E-state index is -0.900. The van der Waals surface area contributed by atoms with Crippen LogP contribution in [0.1, 0.15) is 11.5 Å². The maximum Gasteiger partial charge on any atom is 0.311 e. The van der Waals surface area contributed by atoms with Crippen LogP contribution in [0, 0.1) is 0 Å². The molecule has 0 aliphatic rings. The van der Waals surface area contributed by atoms with E-state index in [-0.39, 0.29) is 6.42 Å². The Morgan fingerprint density at radius 2 is 2.55 bits per heavy atom. The number of aromatic amines is 1. The Hall–Kier alpha value is -1.36. The summed E-state index contributed by atoms with van der Waals surface area (Å²) in [5.41, 5.74) is 6.03. The SMILES string of the molecule is NCc1cnc(CC(=O)O)[nH]1. The monoisotopic (exact) mass is 155 g/mol. The van der Waals surface area contributed by atoms with Crippen molar-refractivity contribution in [3.8, 4) is 0 Å². The summed E-state index contributed by atoms with van der Waals surface area (Å²) in [5, 5.41) is 8.36. The second-order valence-corrected chi connectivity index (χ2v) is 2.13. The summed E-state index contributed by atoms with van der Waals surface area (Å²) in [7, 11) is 0. The van der Waals surface area contributed by atoms with Crippen molar-refractivity contribution >= 4 is 5.97 Å². The fourth-order valence-corrected chi connectivity index (χ4v) is 0.743. The lowest BCUT2D eigenvalue weighted by molar-refractivity contribution is -0.136. The van der Waals surface area contributed by atoms with Crippen molar-refractivity contribution in [3.05, 3.63) is 17.7 Å². The number of aliphatic carboxylic acids is 1. The number of nitrogens with two attached hydrogens (primary N) is 1. The van der Waals surface area contributed by atoms with Gasteiger partial charge < -0.3 is 15.8 Å². The van der Waals surface area contributed by atoms with Gasteiger partial charge in [-0.1, -0.05) is 0 Å². The lowest BCUT2D eigenvalue weighted by Crippen LogP contribution is -2.02. The van der Waals surface area contributed by atoms with E-state index in [0.29, 0.717) is 12.4 Å². The Labute approximate surface area is 63.3 Å². The standard InChI is InChI=1S/C6H9N3O2/c7-2-4-3-8-5(9-4)1-6(10)11/h3H,1-2,7H2,(H,8,9)(H,10,11). The molecule has 1 aromatic rings. The Bertz CT molecular complexity index is 256. The normalized spacial score (nSPS) is 9.91. The maximum absolute atomic E-state index is 10.2. The number of carboxylic acids is 1. The first-order valence-electron chi connectivity index (χ1n) is 3.17. The zero-order chi connectivity index (χ0) is 8.27. The summed E-state index contributed by atoms with van der Waals surface area (Å²) in [6.07, 6.45) is 1.46. The van der Waals surface area contributed by atoms with Crippen molar-refractivity contribution in [2.75, 3.05) is 0 Å². The third-order valence-electron chi connectivity index (χ3n) is 1.22. The lowest BCUT2D eigenvalue weighted by Gasteiger charge is -1.88. The predicted molar refractivity (Wildman–Crippen MR) is 37.8 cm³/mol. The third-order valence-corrected chi connectivity index (χ3v) is 1.22. The average Bonchev–Trinajstić information content (AvgIpc) is 2.34. The van der Waals surface area contributed by atoms with Crippen molar-refractivity contribution in [1.29, 1.82) is 0 Å². The number of H-pyrrole nitrogens is 1. The molecule has 5 nitrogen and oxygen atoms in total. The number of carbonyl (C=O) groups is 1. The summed E-state index contributed by atoms with van der Waals surface area (Å²) in [6.45, 7) is 0.354. The maximum atomic E-state index is 10.2. The second kappa shape index (κ2) is 3.16. The Kier molecular flexibility index (Phi) is 2.22. The van der Waals surface area contributed by atoms with E-state index < -0.39 is 5.97 Å². The number of aromatic nitrogens is 2. The number of hydrogen-bond donors (Lipinski definition) is 3. The van der Waals surface area contributed by atoms with Gasteiger partial charge in [0.2, 0.25) is 0 Å². The zero-order valence-corrected chi connectivity index (χ0v) is 5.87. The lowest BCUT2D eigenvalue weighted by atomic mass is 10.4. The van der Waals surface area contributed by atoms with Crippen molar-refractivity contribution < 1.29 is 9.90 Å². The number of carboxylic acid groups (broad SMARTS) is 1. The van der Waals surface area contributed by atoms with Crippen LogP contribution in [-0.4, -0.2) is 21.0 Å². The Balaban J connectivity index is 2.65. The number of hydrogen-bond acceptors (Lipinski definition) is 3. The molecule has 0 atom stereocenters. The molecule has 60 valence electrons. The highest BCUT2D eigenvalue weighted by molar-refractivity contribution is 5.68. The smallest absolute Gasteiger partial charge is 0.311 e. The van der Waals surface area contributed by atoms with Crippen LogP contribution in [0.3, 0.4) is 0 Å². The molecule has 0 unspecified atom stereocenters. The van der Waals surface area contributed by atoms with E-state index in [0.717, 1.165) is 5.69 Å². The molecule has 0 amide bonds. The molecule has 0 bridgehead atoms. The highest BCUT2D eigenvalue weighted by Crippen LogP contribution is 1.96. The summed E-state index contributed by atoms with van der Waals surface area (Å²) in [5.74, 6) is -0.458. The Morgan fingerprint density at radius 3 is 3.00 bits per heavy atom. The van der Waals surface area contributed by atoms with Gasteiger partial charge in [0, 0.05) is 18.4 Å². The average molecular weight is 155 g/mol. The number of rotatable bonds is 3. The molecule has 1 rings (SSSR count). The van der Waals surface area contributed by atoms with E-state index >= 15 is 0 Å². The molecule has 0 saturated heterocycles. The van der Waals surface area contributed by atoms with Crippen LogP contribution >= 0.6 is 0 Å². The third kappa shape index (κ3) is 2.05. The number of nitrogens with zero attached hydrogens (tertiary/aromatic N) is 1. The molecule has 1 heterocycles. The van der Waals surface area contributed by atoms with Gasteiger partial charge in [-0.15, -0.1) is 0 Å². The molecule has 11 heavy (non-hydrogen) atoms. The van der Waals surface area contributed by atoms with Gasteiger partial charge in [0.25, 0.3) is 0 Å². The van der Waals surface area contributed by atoms with E-state index in [4.69, 9.17) is 10.8 Å². The van der Waals surface area contributed by atoms with Gasteiger partial charge in [0.1, 0.15) is 12.2 Å². The molecule has 0 saturated carbocycles. The number of imidazole rings is 1. The topological polar surface area (TPSA) is 92.0 Å². The van der Waals surface area contributed by atoms with Gasteiger partial charge in [-0.2, -0.15) is 0 Å². The molecule has 0 aliphatic carbocycles. The van der Waals surface area contributed by atoms with Gasteiger partial charge in [0.15, 0.2) is 0 Å². The first-order chi connectivity index (χ1) is 5.22. The van der Waals surface area contributed by atoms with E-state index in [1.807, 2.05) is 0 Å². The summed E-state index contributed by atoms with van der Waals surface area (Å²) < 4.78 is 0. The first-order valence-corrected chi connectivity index (χ1v) is 3.17. The molecule has 1 aromatic heterocycles. The minimum Gasteiger partial charge on any atom is -0.481 e. The Morgan fingerprint density at radius 1 is 1.82 bits per heavy atom. The van der Waals surface area contributed by atoms with Crippen LogP contribution in [0.4, 0.5) is 0 Å². The van der Waals surface area contributed by atoms with Crippen LogP contribution in [0.25, 0.3) is 0 Å². The van der Waals surface area contributed by atoms with Crippen LogP contribution < -0.4 is 5.73 Å². The summed E-state index contributed by atoms with van der Waals surface area (Å²) >= 11 is 0. The number of nitrogens with one attached hydrogen (secondary N) is 1. The first kappa shape index (κ1) is 7.74. The molecule has 0 fully saturated rings. The fourth-order valence-electron chi connectivity index (χ4n) is 0.743. The van der Waals surface area contributed by atoms with Crippen LogP contribution in [0.15, 0.2) is 6.20 Å². The highest BCUT2D eigenvalue weighted by Gasteiger charge is 2.03. The second-order valence-electron chi connectivity index (χ2n) is 2.13. The molecular formula is C6H9N3O2. The molecule has 0 aromatic carbocycles. The van der Waals surface area contributed by atoms with Crippen molar-refractivity contribution in [3.63, 3.8) is 0 Å². The molecule has 5 heteroatoms. The largest absolute Gasteiger partial charge is 0.481 e. The molecule has 4 N–H and O–H groups in total. The molecule has 0 aliphatic heterocycles. The van der Waals surface area contributed by atoms with Gasteiger partial charge in [-0.3, -0.25) is 4.79 Å². The van der Waals surface area contributed by atoms with E-state index in [1.54, 1.807) is 0 Å². The predicted octanol–water partition coefficient (Wildman–Crippen LogP) is -0.505. The molecular weight excluding hydrogens is 146 g/mol. The van der Waals surface area contributed by atoms with Gasteiger partial charge >= 0.3 is 5.97 Å². The van der Waals surface area contributed by atoms with Gasteiger partial charge in [-0.25, -0.2) is 4.98 Å². The molecule has 0 spiro atoms. The highest BCUT2D eigenvalue weighted by atomic mass is 16.4. The fraction of sp³-hybridized carbons (Fsp3) is 0.333. The molecule has 0 radical (unpaired) electrons.